The molecule has 2 aromatic heterocycles. The van der Waals surface area contributed by atoms with Gasteiger partial charge in [0.05, 0.1) is 0 Å². The van der Waals surface area contributed by atoms with Crippen LogP contribution in [0.1, 0.15) is 48.1 Å². The molecule has 0 aliphatic carbocycles. The van der Waals surface area contributed by atoms with Crippen LogP contribution in [0.3, 0.4) is 0 Å². The maximum atomic E-state index is 15.1. The van der Waals surface area contributed by atoms with Crippen LogP contribution in [0.15, 0.2) is 60.8 Å². The second-order valence-electron chi connectivity index (χ2n) is 15.2. The van der Waals surface area contributed by atoms with Crippen LogP contribution < -0.4 is 38.1 Å². The quantitative estimate of drug-likeness (QED) is 0.0267. The smallest absolute Gasteiger partial charge is 0.243 e. The Labute approximate surface area is 356 Å². The fourth-order valence-electron chi connectivity index (χ4n) is 7.49. The Kier molecular flexibility index (Phi) is 15.3. The standard InChI is InChI=1S/C43H47F5N8O5S/c44-34-27(35(45)37(47)38(48)36(34)46)20-32(43(61)53-29(39(50)57)10-5-6-14-49)56-41(59)30(18-24-21-52-28-9-3-2-8-26(24)28)55-42(60)31(54-40(58)22-12-15-51-16-13-22)19-25-17-23-7-1-4-11-33(23)62-25/h1-4,7-9,11,17,21-22,29-32,51-52H,5-6,10,12-16,18-20,49H2,(H2,50,57)(H,53,61)(H,54,58)(H,55,60)(H,56,59)/t29-,30+,31+,32-/m0/s1. The van der Waals surface area contributed by atoms with Crippen molar-refractivity contribution in [3.8, 4) is 0 Å². The summed E-state index contributed by atoms with van der Waals surface area (Å²) in [6.45, 7) is 1.45. The molecule has 3 aromatic carbocycles. The molecule has 3 heterocycles. The third-order valence-electron chi connectivity index (χ3n) is 10.9. The molecule has 0 unspecified atom stereocenters. The lowest BCUT2D eigenvalue weighted by atomic mass is 9.96. The maximum Gasteiger partial charge on any atom is 0.243 e. The summed E-state index contributed by atoms with van der Waals surface area (Å²) in [6, 6.07) is 10.3. The lowest BCUT2D eigenvalue weighted by Crippen LogP contribution is -2.59. The van der Waals surface area contributed by atoms with Gasteiger partial charge in [-0.05, 0) is 80.9 Å². The highest BCUT2D eigenvalue weighted by atomic mass is 32.1. The van der Waals surface area contributed by atoms with Crippen LogP contribution in [0.2, 0.25) is 0 Å². The zero-order valence-electron chi connectivity index (χ0n) is 33.4. The SMILES string of the molecule is NCCCC[C@H](NC(=O)[C@H](Cc1c(F)c(F)c(F)c(F)c1F)NC(=O)[C@@H](Cc1c[nH]c2ccccc12)NC(=O)[C@@H](Cc1cc2ccccc2s1)NC(=O)C1CCNCC1)C(N)=O. The van der Waals surface area contributed by atoms with Crippen molar-refractivity contribution in [3.05, 3.63) is 106 Å². The lowest BCUT2D eigenvalue weighted by molar-refractivity contribution is -0.135. The average Bonchev–Trinajstić information content (AvgIpc) is 3.88. The number of halogens is 5. The highest BCUT2D eigenvalue weighted by Gasteiger charge is 2.35. The summed E-state index contributed by atoms with van der Waals surface area (Å²) in [6.07, 6.45) is 1.91. The van der Waals surface area contributed by atoms with E-state index in [0.29, 0.717) is 55.2 Å². The van der Waals surface area contributed by atoms with Crippen LogP contribution in [-0.2, 0) is 43.2 Å². The number of carbonyl (C=O) groups excluding carboxylic acids is 5. The van der Waals surface area contributed by atoms with Crippen molar-refractivity contribution in [1.29, 1.82) is 0 Å². The van der Waals surface area contributed by atoms with E-state index in [1.807, 2.05) is 30.3 Å². The molecule has 1 aliphatic heterocycles. The summed E-state index contributed by atoms with van der Waals surface area (Å²) in [5.41, 5.74) is 10.9. The first-order chi connectivity index (χ1) is 29.7. The van der Waals surface area contributed by atoms with Crippen molar-refractivity contribution < 1.29 is 45.9 Å². The Morgan fingerprint density at radius 2 is 1.29 bits per heavy atom. The maximum absolute atomic E-state index is 15.1. The number of carbonyl (C=O) groups is 5. The number of aromatic amines is 1. The predicted octanol–water partition coefficient (Wildman–Crippen LogP) is 3.66. The minimum atomic E-state index is -2.43. The van der Waals surface area contributed by atoms with Crippen LogP contribution in [0.5, 0.6) is 0 Å². The molecule has 6 rings (SSSR count). The number of rotatable bonds is 19. The van der Waals surface area contributed by atoms with Crippen molar-refractivity contribution >= 4 is 61.9 Å². The van der Waals surface area contributed by atoms with E-state index in [1.165, 1.54) is 11.3 Å². The number of hydrogen-bond acceptors (Lipinski definition) is 8. The second kappa shape index (κ2) is 20.8. The molecule has 0 bridgehead atoms. The van der Waals surface area contributed by atoms with Gasteiger partial charge < -0.3 is 43.0 Å². The number of aromatic nitrogens is 1. The zero-order valence-corrected chi connectivity index (χ0v) is 34.2. The molecule has 1 fully saturated rings. The predicted molar refractivity (Wildman–Crippen MR) is 223 cm³/mol. The van der Waals surface area contributed by atoms with Gasteiger partial charge in [-0.3, -0.25) is 24.0 Å². The number of piperidine rings is 1. The van der Waals surface area contributed by atoms with E-state index in [1.54, 1.807) is 30.5 Å². The van der Waals surface area contributed by atoms with E-state index < -0.39 is 88.9 Å². The number of amides is 5. The minimum absolute atomic E-state index is 0.0228. The van der Waals surface area contributed by atoms with Crippen molar-refractivity contribution in [3.63, 3.8) is 0 Å². The number of nitrogens with two attached hydrogens (primary N) is 2. The summed E-state index contributed by atoms with van der Waals surface area (Å²) in [5.74, 6) is -16.3. The number of primary amides is 1. The third-order valence-corrected chi connectivity index (χ3v) is 12.0. The Hall–Kier alpha value is -5.92. The molecule has 62 heavy (non-hydrogen) atoms. The topological polar surface area (TPSA) is 213 Å². The van der Waals surface area contributed by atoms with Gasteiger partial charge in [-0.1, -0.05) is 36.4 Å². The Morgan fingerprint density at radius 1 is 0.710 bits per heavy atom. The van der Waals surface area contributed by atoms with E-state index in [-0.39, 0.29) is 37.6 Å². The van der Waals surface area contributed by atoms with Gasteiger partial charge in [0.1, 0.15) is 24.2 Å². The lowest BCUT2D eigenvalue weighted by Gasteiger charge is -2.28. The van der Waals surface area contributed by atoms with Gasteiger partial charge in [-0.25, -0.2) is 22.0 Å². The molecule has 0 saturated carbocycles. The van der Waals surface area contributed by atoms with Crippen molar-refractivity contribution in [2.24, 2.45) is 17.4 Å². The van der Waals surface area contributed by atoms with E-state index in [2.05, 4.69) is 31.6 Å². The summed E-state index contributed by atoms with van der Waals surface area (Å²) < 4.78 is 74.1. The molecule has 330 valence electrons. The minimum Gasteiger partial charge on any atom is -0.368 e. The fourth-order valence-corrected chi connectivity index (χ4v) is 8.60. The largest absolute Gasteiger partial charge is 0.368 e. The number of benzene rings is 3. The highest BCUT2D eigenvalue weighted by Crippen LogP contribution is 2.28. The molecular formula is C43H47F5N8O5S. The van der Waals surface area contributed by atoms with Crippen LogP contribution >= 0.6 is 11.3 Å². The molecule has 5 aromatic rings. The molecular weight excluding hydrogens is 836 g/mol. The molecule has 10 N–H and O–H groups in total. The average molecular weight is 883 g/mol. The summed E-state index contributed by atoms with van der Waals surface area (Å²) >= 11 is 1.42. The van der Waals surface area contributed by atoms with Gasteiger partial charge in [0.2, 0.25) is 35.4 Å². The molecule has 19 heteroatoms. The van der Waals surface area contributed by atoms with Crippen LogP contribution in [-0.4, -0.2) is 78.3 Å². The Morgan fingerprint density at radius 3 is 1.94 bits per heavy atom. The number of H-pyrrole nitrogens is 1. The molecule has 0 radical (unpaired) electrons. The third kappa shape index (κ3) is 10.9. The Bertz CT molecular complexity index is 2380. The van der Waals surface area contributed by atoms with Crippen LogP contribution in [0.4, 0.5) is 22.0 Å². The Balaban J connectivity index is 1.34. The second-order valence-corrected chi connectivity index (χ2v) is 16.4. The van der Waals surface area contributed by atoms with Gasteiger partial charge in [0, 0.05) is 57.4 Å². The van der Waals surface area contributed by atoms with Crippen molar-refractivity contribution in [2.75, 3.05) is 19.6 Å². The number of unbranched alkanes of at least 4 members (excludes halogenated alkanes) is 1. The molecule has 0 spiro atoms. The molecule has 13 nitrogen and oxygen atoms in total. The first-order valence-corrected chi connectivity index (χ1v) is 21.0. The van der Waals surface area contributed by atoms with Gasteiger partial charge in [-0.2, -0.15) is 0 Å². The molecule has 1 saturated heterocycles. The number of thiophene rings is 1. The molecule has 5 amide bonds. The van der Waals surface area contributed by atoms with Gasteiger partial charge in [0.15, 0.2) is 23.3 Å². The van der Waals surface area contributed by atoms with Crippen molar-refractivity contribution in [1.82, 2.24) is 31.6 Å². The number of para-hydroxylation sites is 1. The highest BCUT2D eigenvalue weighted by molar-refractivity contribution is 7.19. The molecule has 4 atom stereocenters. The first-order valence-electron chi connectivity index (χ1n) is 20.2. The van der Waals surface area contributed by atoms with E-state index in [9.17, 15) is 37.1 Å². The van der Waals surface area contributed by atoms with Gasteiger partial charge in [0.25, 0.3) is 0 Å². The van der Waals surface area contributed by atoms with Crippen LogP contribution in [0, 0.1) is 35.0 Å². The normalized spacial score (nSPS) is 15.1. The van der Waals surface area contributed by atoms with Crippen LogP contribution in [0.25, 0.3) is 21.0 Å². The van der Waals surface area contributed by atoms with E-state index in [4.69, 9.17) is 11.5 Å². The monoisotopic (exact) mass is 882 g/mol. The van der Waals surface area contributed by atoms with Gasteiger partial charge in [-0.15, -0.1) is 11.3 Å². The van der Waals surface area contributed by atoms with Crippen molar-refractivity contribution in [2.45, 2.75) is 75.5 Å². The zero-order chi connectivity index (χ0) is 44.5. The van der Waals surface area contributed by atoms with E-state index in [0.717, 1.165) is 15.0 Å². The molecule has 1 aliphatic rings. The summed E-state index contributed by atoms with van der Waals surface area (Å²) in [7, 11) is 0. The summed E-state index contributed by atoms with van der Waals surface area (Å²) in [5, 5.41) is 15.0. The van der Waals surface area contributed by atoms with E-state index >= 15 is 8.78 Å². The number of nitrogens with one attached hydrogen (secondary N) is 6. The summed E-state index contributed by atoms with van der Waals surface area (Å²) in [4.78, 5) is 72.6. The number of fused-ring (bicyclic) bond motifs is 2. The number of hydrogen-bond donors (Lipinski definition) is 8. The fraction of sp³-hybridized carbons (Fsp3) is 0.372. The van der Waals surface area contributed by atoms with Gasteiger partial charge >= 0.3 is 0 Å². The first kappa shape index (κ1) is 45.6.